The monoisotopic (exact) mass is 307 g/mol. The molecule has 2 aromatic rings. The van der Waals surface area contributed by atoms with Crippen molar-refractivity contribution < 1.29 is 9.84 Å². The Hall–Kier alpha value is -1.29. The van der Waals surface area contributed by atoms with Gasteiger partial charge in [-0.3, -0.25) is 0 Å². The van der Waals surface area contributed by atoms with Crippen LogP contribution in [0.15, 0.2) is 42.5 Å². The second kappa shape index (κ2) is 7.64. The molecule has 0 bridgehead atoms. The number of aliphatic hydroxyl groups is 1. The number of hydrogen-bond donors (Lipinski definition) is 1. The summed E-state index contributed by atoms with van der Waals surface area (Å²) in [5, 5.41) is 12.3. The molecule has 3 rings (SSSR count). The molecule has 1 aliphatic heterocycles. The third-order valence-electron chi connectivity index (χ3n) is 3.85. The van der Waals surface area contributed by atoms with Crippen molar-refractivity contribution in [1.82, 2.24) is 4.90 Å². The van der Waals surface area contributed by atoms with Crippen molar-refractivity contribution in [2.24, 2.45) is 0 Å². The summed E-state index contributed by atoms with van der Waals surface area (Å²) in [7, 11) is 0. The van der Waals surface area contributed by atoms with Crippen molar-refractivity contribution >= 4 is 23.2 Å². The summed E-state index contributed by atoms with van der Waals surface area (Å²) in [6.45, 7) is 3.27. The van der Waals surface area contributed by atoms with Crippen LogP contribution in [0.4, 0.5) is 0 Å². The molecule has 4 heteroatoms. The Balaban J connectivity index is 0.00000161. The van der Waals surface area contributed by atoms with Crippen LogP contribution >= 0.6 is 12.4 Å². The molecule has 2 aromatic carbocycles. The van der Waals surface area contributed by atoms with Crippen LogP contribution in [0.2, 0.25) is 0 Å². The maximum atomic E-state index is 10.1. The molecule has 1 atom stereocenters. The molecular formula is C17H22ClNO2. The number of halogens is 1. The summed E-state index contributed by atoms with van der Waals surface area (Å²) in [6, 6.07) is 14.2. The van der Waals surface area contributed by atoms with Gasteiger partial charge in [-0.1, -0.05) is 36.4 Å². The number of likely N-dealkylation sites (tertiary alicyclic amines) is 1. The number of rotatable bonds is 5. The first kappa shape index (κ1) is 16.1. The van der Waals surface area contributed by atoms with E-state index in [0.717, 1.165) is 24.2 Å². The van der Waals surface area contributed by atoms with E-state index in [1.54, 1.807) is 0 Å². The lowest BCUT2D eigenvalue weighted by Gasteiger charge is -2.20. The third-order valence-corrected chi connectivity index (χ3v) is 3.85. The largest absolute Gasteiger partial charge is 0.490 e. The number of ether oxygens (including phenoxy) is 1. The Kier molecular flexibility index (Phi) is 5.85. The fourth-order valence-electron chi connectivity index (χ4n) is 2.82. The van der Waals surface area contributed by atoms with Gasteiger partial charge in [0, 0.05) is 11.9 Å². The second-order valence-corrected chi connectivity index (χ2v) is 5.45. The zero-order valence-corrected chi connectivity index (χ0v) is 12.9. The van der Waals surface area contributed by atoms with E-state index < -0.39 is 6.10 Å². The van der Waals surface area contributed by atoms with Crippen molar-refractivity contribution in [2.75, 3.05) is 26.2 Å². The number of fused-ring (bicyclic) bond motifs is 1. The maximum absolute atomic E-state index is 10.1. The maximum Gasteiger partial charge on any atom is 0.127 e. The van der Waals surface area contributed by atoms with E-state index in [0.29, 0.717) is 13.2 Å². The standard InChI is InChI=1S/C17H21NO2.ClH/c19-15(12-18-10-3-4-11-18)13-20-17-9-5-7-14-6-1-2-8-16(14)17;/h1-2,5-9,15,19H,3-4,10-13H2;1H. The van der Waals surface area contributed by atoms with Crippen LogP contribution in [-0.4, -0.2) is 42.4 Å². The smallest absolute Gasteiger partial charge is 0.127 e. The predicted molar refractivity (Wildman–Crippen MR) is 88.4 cm³/mol. The van der Waals surface area contributed by atoms with E-state index in [9.17, 15) is 5.11 Å². The van der Waals surface area contributed by atoms with Crippen molar-refractivity contribution in [1.29, 1.82) is 0 Å². The Morgan fingerprint density at radius 3 is 2.57 bits per heavy atom. The Morgan fingerprint density at radius 2 is 1.76 bits per heavy atom. The first-order valence-corrected chi connectivity index (χ1v) is 7.34. The van der Waals surface area contributed by atoms with E-state index in [1.807, 2.05) is 24.3 Å². The quantitative estimate of drug-likeness (QED) is 0.921. The van der Waals surface area contributed by atoms with E-state index >= 15 is 0 Å². The molecule has 0 aromatic heterocycles. The summed E-state index contributed by atoms with van der Waals surface area (Å²) in [4.78, 5) is 2.30. The van der Waals surface area contributed by atoms with Crippen LogP contribution in [0.1, 0.15) is 12.8 Å². The molecule has 1 N–H and O–H groups in total. The van der Waals surface area contributed by atoms with Crippen LogP contribution in [0.25, 0.3) is 10.8 Å². The lowest BCUT2D eigenvalue weighted by Crippen LogP contribution is -2.33. The Morgan fingerprint density at radius 1 is 1.05 bits per heavy atom. The van der Waals surface area contributed by atoms with Crippen LogP contribution in [0.3, 0.4) is 0 Å². The van der Waals surface area contributed by atoms with Gasteiger partial charge in [-0.25, -0.2) is 0 Å². The molecule has 1 saturated heterocycles. The Labute approximate surface area is 131 Å². The molecule has 3 nitrogen and oxygen atoms in total. The predicted octanol–water partition coefficient (Wildman–Crippen LogP) is 3.10. The topological polar surface area (TPSA) is 32.7 Å². The van der Waals surface area contributed by atoms with Crippen molar-refractivity contribution in [3.8, 4) is 5.75 Å². The van der Waals surface area contributed by atoms with Gasteiger partial charge < -0.3 is 14.7 Å². The first-order valence-electron chi connectivity index (χ1n) is 7.34. The number of aliphatic hydroxyl groups excluding tert-OH is 1. The van der Waals surface area contributed by atoms with Crippen LogP contribution in [-0.2, 0) is 0 Å². The van der Waals surface area contributed by atoms with E-state index in [1.165, 1.54) is 18.2 Å². The van der Waals surface area contributed by atoms with Gasteiger partial charge in [-0.2, -0.15) is 0 Å². The summed E-state index contributed by atoms with van der Waals surface area (Å²) in [5.41, 5.74) is 0. The van der Waals surface area contributed by atoms with Gasteiger partial charge in [0.05, 0.1) is 0 Å². The first-order chi connectivity index (χ1) is 9.83. The molecule has 0 radical (unpaired) electrons. The highest BCUT2D eigenvalue weighted by molar-refractivity contribution is 5.88. The SMILES string of the molecule is Cl.OC(COc1cccc2ccccc12)CN1CCCC1. The van der Waals surface area contributed by atoms with Gasteiger partial charge in [0.2, 0.25) is 0 Å². The fourth-order valence-corrected chi connectivity index (χ4v) is 2.82. The average Bonchev–Trinajstić information content (AvgIpc) is 2.98. The van der Waals surface area contributed by atoms with E-state index in [2.05, 4.69) is 23.1 Å². The zero-order chi connectivity index (χ0) is 13.8. The highest BCUT2D eigenvalue weighted by Crippen LogP contribution is 2.25. The molecule has 1 fully saturated rings. The number of nitrogens with zero attached hydrogens (tertiary/aromatic N) is 1. The number of benzene rings is 2. The van der Waals surface area contributed by atoms with Crippen molar-refractivity contribution in [3.05, 3.63) is 42.5 Å². The molecule has 1 unspecified atom stereocenters. The van der Waals surface area contributed by atoms with Crippen LogP contribution < -0.4 is 4.74 Å². The summed E-state index contributed by atoms with van der Waals surface area (Å²) in [5.74, 6) is 0.851. The van der Waals surface area contributed by atoms with Gasteiger partial charge in [0.25, 0.3) is 0 Å². The highest BCUT2D eigenvalue weighted by atomic mass is 35.5. The van der Waals surface area contributed by atoms with Gasteiger partial charge in [-0.15, -0.1) is 12.4 Å². The third kappa shape index (κ3) is 4.10. The van der Waals surface area contributed by atoms with Gasteiger partial charge in [0.1, 0.15) is 18.5 Å². The molecule has 0 aliphatic carbocycles. The van der Waals surface area contributed by atoms with E-state index in [4.69, 9.17) is 4.74 Å². The number of hydrogen-bond acceptors (Lipinski definition) is 3. The number of β-amino-alcohol motifs (C(OH)–C–C–N with tert-alkyl or cyclic N) is 1. The average molecular weight is 308 g/mol. The summed E-state index contributed by atoms with van der Waals surface area (Å²) in [6.07, 6.45) is 2.07. The molecule has 0 spiro atoms. The van der Waals surface area contributed by atoms with Gasteiger partial charge in [0.15, 0.2) is 0 Å². The molecule has 0 amide bonds. The molecule has 1 aliphatic rings. The lowest BCUT2D eigenvalue weighted by molar-refractivity contribution is 0.0764. The van der Waals surface area contributed by atoms with Crippen LogP contribution in [0, 0.1) is 0 Å². The Bertz CT molecular complexity index is 564. The van der Waals surface area contributed by atoms with Crippen molar-refractivity contribution in [3.63, 3.8) is 0 Å². The summed E-state index contributed by atoms with van der Waals surface area (Å²) >= 11 is 0. The minimum Gasteiger partial charge on any atom is -0.490 e. The zero-order valence-electron chi connectivity index (χ0n) is 12.1. The van der Waals surface area contributed by atoms with Crippen LogP contribution in [0.5, 0.6) is 5.75 Å². The molecule has 0 saturated carbocycles. The van der Waals surface area contributed by atoms with Gasteiger partial charge in [-0.05, 0) is 37.4 Å². The molecule has 1 heterocycles. The van der Waals surface area contributed by atoms with Gasteiger partial charge >= 0.3 is 0 Å². The lowest BCUT2D eigenvalue weighted by atomic mass is 10.1. The fraction of sp³-hybridized carbons (Fsp3) is 0.412. The molecule has 114 valence electrons. The molecular weight excluding hydrogens is 286 g/mol. The highest BCUT2D eigenvalue weighted by Gasteiger charge is 2.16. The molecule has 21 heavy (non-hydrogen) atoms. The second-order valence-electron chi connectivity index (χ2n) is 5.45. The minimum absolute atomic E-state index is 0. The van der Waals surface area contributed by atoms with Crippen molar-refractivity contribution in [2.45, 2.75) is 18.9 Å². The normalized spacial score (nSPS) is 16.6. The van der Waals surface area contributed by atoms with E-state index in [-0.39, 0.29) is 12.4 Å². The minimum atomic E-state index is -0.424. The summed E-state index contributed by atoms with van der Waals surface area (Å²) < 4.78 is 5.81.